The third kappa shape index (κ3) is 127. The van der Waals surface area contributed by atoms with Gasteiger partial charge in [-0.1, -0.05) is 168 Å². The van der Waals surface area contributed by atoms with Gasteiger partial charge in [-0.15, -0.1) is 0 Å². The number of urea groups is 1. The summed E-state index contributed by atoms with van der Waals surface area (Å²) >= 11 is 0. The summed E-state index contributed by atoms with van der Waals surface area (Å²) in [5.74, 6) is 0. The number of carbonyl (C=O) groups excluding carboxylic acids is 6. The Labute approximate surface area is 435 Å². The Morgan fingerprint density at radius 3 is 0.831 bits per heavy atom. The minimum atomic E-state index is -0.705. The minimum Gasteiger partial charge on any atom is -0.453 e. The van der Waals surface area contributed by atoms with Crippen LogP contribution in [0, 0.1) is 13.8 Å². The minimum absolute atomic E-state index is 0. The largest absolute Gasteiger partial charge is 0.453 e. The number of methoxy groups -OCH3 is 5. The predicted octanol–water partition coefficient (Wildman–Crippen LogP) is 11.0. The molecule has 0 saturated carbocycles. The molecule has 7 amide bonds. The summed E-state index contributed by atoms with van der Waals surface area (Å²) < 4.78 is 44.5. The van der Waals surface area contributed by atoms with Gasteiger partial charge in [-0.05, 0) is 13.8 Å². The summed E-state index contributed by atoms with van der Waals surface area (Å²) in [4.78, 5) is 61.3. The summed E-state index contributed by atoms with van der Waals surface area (Å²) in [6.07, 6.45) is -2.81. The summed E-state index contributed by atoms with van der Waals surface area (Å²) in [5, 5.41) is 13.4. The van der Waals surface area contributed by atoms with Gasteiger partial charge < -0.3 is 85.0 Å². The number of hydrogen-bond donors (Lipinski definition) is 7. The molecule has 0 fully saturated rings. The van der Waals surface area contributed by atoms with Crippen molar-refractivity contribution in [3.63, 3.8) is 0 Å². The van der Waals surface area contributed by atoms with Gasteiger partial charge in [0, 0.05) is 56.6 Å². The summed E-state index contributed by atoms with van der Waals surface area (Å²) in [6, 6.07) is 20.0. The van der Waals surface area contributed by atoms with Gasteiger partial charge in [0.15, 0.2) is 27.2 Å². The van der Waals surface area contributed by atoms with Gasteiger partial charge in [-0.3, -0.25) is 0 Å². The number of alkyl carbamates (subject to hydrolysis) is 5. The molecule has 0 aliphatic carbocycles. The SMILES string of the molecule is C.C.C.C.C.C.C.C.C.C.C.C.C.CNC(=O)OC.CNC(=O)OCOC.CNC(=O)OCOCOC.CNC(N)=O.COCOC(=O)NCNC(=O)OCOC.Cc1ccccc1.Cc1ccccc1. The maximum atomic E-state index is 10.8. The number of ether oxygens (including phenoxy) is 10. The van der Waals surface area contributed by atoms with Gasteiger partial charge in [-0.25, -0.2) is 28.8 Å². The first-order chi connectivity index (χ1) is 27.7. The van der Waals surface area contributed by atoms with Crippen molar-refractivity contribution in [1.29, 1.82) is 0 Å². The third-order valence-electron chi connectivity index (χ3n) is 4.79. The molecule has 0 saturated heterocycles. The van der Waals surface area contributed by atoms with Crippen molar-refractivity contribution in [3.8, 4) is 0 Å². The van der Waals surface area contributed by atoms with E-state index < -0.39 is 36.5 Å². The topological polar surface area (TPSA) is 293 Å². The number of nitrogens with two attached hydrogens (primary N) is 1. The second kappa shape index (κ2) is 102. The second-order valence-electron chi connectivity index (χ2n) is 9.37. The number of primary amides is 1. The molecule has 0 aliphatic heterocycles. The first-order valence-electron chi connectivity index (χ1n) is 16.5. The van der Waals surface area contributed by atoms with Crippen LogP contribution in [0.3, 0.4) is 0 Å². The molecule has 0 heterocycles. The fourth-order valence-corrected chi connectivity index (χ4v) is 2.16. The highest BCUT2D eigenvalue weighted by atomic mass is 16.7. The number of benzene rings is 2. The predicted molar refractivity (Wildman–Crippen MR) is 299 cm³/mol. The lowest BCUT2D eigenvalue weighted by atomic mass is 10.2. The van der Waals surface area contributed by atoms with Crippen LogP contribution in [0.5, 0.6) is 0 Å². The van der Waals surface area contributed by atoms with E-state index in [0.29, 0.717) is 0 Å². The standard InChI is InChI=1S/C7H14N2O6.2C7H8.C5H11NO4.C4H9NO3.C3H7NO2.C2H6N2O.13CH4/c1-12-4-14-6(10)8-3-9-7(11)15-5-13-2;2*1-7-5-3-2-4-6-7;1-6-5(7)10-4-9-3-8-2;1-5-4(6)8-3-7-2;1-4-3(5)6-2;1-4-2(3)5;;;;;;;;;;;;;/h3-5H2,1-2H3,(H,8,10)(H,9,11);2*2-6H,1H3;3-4H2,1-2H3,(H,6,7);3H2,1-2H3,(H,5,6);1-2H3,(H,4,5);1H3,(H3,3,4,5);13*1H4. The zero-order valence-electron chi connectivity index (χ0n) is 35.1. The van der Waals surface area contributed by atoms with Crippen LogP contribution in [0.2, 0.25) is 0 Å². The van der Waals surface area contributed by atoms with E-state index in [4.69, 9.17) is 0 Å². The maximum absolute atomic E-state index is 10.8. The highest BCUT2D eigenvalue weighted by Gasteiger charge is 2.03. The lowest BCUT2D eigenvalue weighted by Crippen LogP contribution is -2.38. The van der Waals surface area contributed by atoms with E-state index in [1.54, 1.807) is 0 Å². The van der Waals surface area contributed by atoms with Gasteiger partial charge in [0.05, 0.1) is 13.8 Å². The average Bonchev–Trinajstić information content (AvgIpc) is 3.24. The van der Waals surface area contributed by atoms with Crippen LogP contribution in [0.1, 0.15) is 108 Å². The molecule has 438 valence electrons. The van der Waals surface area contributed by atoms with Crippen LogP contribution in [-0.4, -0.2) is 141 Å². The van der Waals surface area contributed by atoms with Crippen LogP contribution < -0.4 is 37.6 Å². The van der Waals surface area contributed by atoms with Crippen LogP contribution in [-0.2, 0) is 47.4 Å². The molecule has 0 aliphatic rings. The van der Waals surface area contributed by atoms with Crippen molar-refractivity contribution in [2.24, 2.45) is 5.73 Å². The third-order valence-corrected chi connectivity index (χ3v) is 4.79. The highest BCUT2D eigenvalue weighted by Crippen LogP contribution is 1.93. The highest BCUT2D eigenvalue weighted by molar-refractivity contribution is 5.71. The summed E-state index contributed by atoms with van der Waals surface area (Å²) in [6.45, 7) is 3.79. The normalized spacial score (nSPS) is 6.92. The molecule has 0 radical (unpaired) electrons. The summed E-state index contributed by atoms with van der Waals surface area (Å²) in [7, 11) is 13.0. The van der Waals surface area contributed by atoms with Gasteiger partial charge in [0.25, 0.3) is 0 Å². The lowest BCUT2D eigenvalue weighted by molar-refractivity contribution is -0.0960. The van der Waals surface area contributed by atoms with Crippen LogP contribution >= 0.6 is 0 Å². The first kappa shape index (κ1) is 120. The Bertz CT molecular complexity index is 1200. The number of carbonyl (C=O) groups is 6. The quantitative estimate of drug-likeness (QED) is 0.0591. The smallest absolute Gasteiger partial charge is 0.410 e. The van der Waals surface area contributed by atoms with Crippen molar-refractivity contribution in [1.82, 2.24) is 31.9 Å². The maximum Gasteiger partial charge on any atom is 0.410 e. The Kier molecular flexibility index (Phi) is 172. The van der Waals surface area contributed by atoms with E-state index in [1.807, 2.05) is 36.4 Å². The lowest BCUT2D eigenvalue weighted by Gasteiger charge is -2.07. The van der Waals surface area contributed by atoms with E-state index in [2.05, 4.69) is 123 Å². The molecule has 23 nitrogen and oxygen atoms in total. The fourth-order valence-electron chi connectivity index (χ4n) is 2.16. The molecule has 0 atom stereocenters. The number of amides is 7. The van der Waals surface area contributed by atoms with Gasteiger partial charge in [-0.2, -0.15) is 0 Å². The monoisotopic (exact) mass is 1050 g/mol. The second-order valence-corrected chi connectivity index (χ2v) is 9.37. The van der Waals surface area contributed by atoms with Crippen LogP contribution in [0.15, 0.2) is 60.7 Å². The van der Waals surface area contributed by atoms with E-state index in [1.165, 1.54) is 74.9 Å². The molecule has 2 aromatic carbocycles. The van der Waals surface area contributed by atoms with Crippen LogP contribution in [0.25, 0.3) is 0 Å². The van der Waals surface area contributed by atoms with Gasteiger partial charge in [0.2, 0.25) is 0 Å². The Morgan fingerprint density at radius 2 is 0.648 bits per heavy atom. The number of nitrogens with one attached hydrogen (secondary N) is 6. The molecule has 0 aromatic heterocycles. The van der Waals surface area contributed by atoms with E-state index in [0.717, 1.165) is 0 Å². The zero-order valence-corrected chi connectivity index (χ0v) is 35.1. The Balaban J connectivity index is -0.0000000287. The fraction of sp³-hybridized carbons (Fsp3) is 0.625. The van der Waals surface area contributed by atoms with Crippen molar-refractivity contribution in [2.45, 2.75) is 110 Å². The van der Waals surface area contributed by atoms with Gasteiger partial charge >= 0.3 is 36.5 Å². The Hall–Kier alpha value is -6.14. The molecule has 0 unspecified atom stereocenters. The number of hydrogen-bond acceptors (Lipinski definition) is 16. The number of rotatable bonds is 12. The average molecular weight is 1050 g/mol. The van der Waals surface area contributed by atoms with E-state index in [-0.39, 0.29) is 137 Å². The molecule has 71 heavy (non-hydrogen) atoms. The molecule has 0 spiro atoms. The summed E-state index contributed by atoms with van der Waals surface area (Å²) in [5.41, 5.74) is 7.19. The van der Waals surface area contributed by atoms with E-state index >= 15 is 0 Å². The molecule has 8 N–H and O–H groups in total. The molecular formula is C48H115N7O16. The van der Waals surface area contributed by atoms with E-state index in [9.17, 15) is 28.8 Å². The zero-order chi connectivity index (χ0) is 45.2. The molecule has 23 heteroatoms. The molecular weight excluding hydrogens is 931 g/mol. The van der Waals surface area contributed by atoms with Crippen molar-refractivity contribution >= 4 is 36.5 Å². The Morgan fingerprint density at radius 1 is 0.394 bits per heavy atom. The molecule has 2 rings (SSSR count). The molecule has 2 aromatic rings. The molecule has 0 bridgehead atoms. The van der Waals surface area contributed by atoms with Crippen molar-refractivity contribution in [3.05, 3.63) is 71.8 Å². The van der Waals surface area contributed by atoms with Crippen molar-refractivity contribution in [2.75, 3.05) is 104 Å². The van der Waals surface area contributed by atoms with Crippen LogP contribution in [0.4, 0.5) is 28.8 Å². The van der Waals surface area contributed by atoms with Crippen molar-refractivity contribution < 1.29 is 76.1 Å². The first-order valence-corrected chi connectivity index (χ1v) is 16.5. The number of aryl methyl sites for hydroxylation is 2. The van der Waals surface area contributed by atoms with Gasteiger partial charge in [0.1, 0.15) is 6.79 Å².